The molecule has 0 bridgehead atoms. The van der Waals surface area contributed by atoms with Crippen molar-refractivity contribution in [3.63, 3.8) is 0 Å². The summed E-state index contributed by atoms with van der Waals surface area (Å²) in [7, 11) is 0. The largest absolute Gasteiger partial charge is 0.425 e. The third-order valence-electron chi connectivity index (χ3n) is 2.60. The molecule has 0 aliphatic rings. The second-order valence-corrected chi connectivity index (χ2v) is 5.77. The molecule has 1 N–H and O–H groups in total. The first-order valence-corrected chi connectivity index (χ1v) is 5.63. The van der Waals surface area contributed by atoms with Gasteiger partial charge in [-0.15, -0.1) is 0 Å². The summed E-state index contributed by atoms with van der Waals surface area (Å²) in [5.74, 6) is 0.164. The Kier molecular flexibility index (Phi) is 3.46. The summed E-state index contributed by atoms with van der Waals surface area (Å²) < 4.78 is 0.767. The van der Waals surface area contributed by atoms with Crippen LogP contribution >= 0.6 is 0 Å². The molecule has 1 unspecified atom stereocenters. The molecule has 16 heavy (non-hydrogen) atoms. The molecule has 0 aliphatic carbocycles. The van der Waals surface area contributed by atoms with Gasteiger partial charge in [0.25, 0.3) is 5.56 Å². The predicted octanol–water partition coefficient (Wildman–Crippen LogP) is 2.93. The Morgan fingerprint density at radius 2 is 1.94 bits per heavy atom. The highest BCUT2D eigenvalue weighted by atomic mass is 16.5. The minimum absolute atomic E-state index is 0.164. The monoisotopic (exact) mass is 223 g/mol. The molecule has 0 spiro atoms. The van der Waals surface area contributed by atoms with E-state index in [0.29, 0.717) is 5.69 Å². The maximum absolute atomic E-state index is 11.4. The highest BCUT2D eigenvalue weighted by molar-refractivity contribution is 5.18. The van der Waals surface area contributed by atoms with Crippen molar-refractivity contribution in [2.45, 2.75) is 47.0 Å². The molecule has 1 aromatic heterocycles. The van der Waals surface area contributed by atoms with Crippen LogP contribution in [0, 0.1) is 12.3 Å². The van der Waals surface area contributed by atoms with Gasteiger partial charge in [0, 0.05) is 12.0 Å². The number of aromatic nitrogens is 1. The lowest BCUT2D eigenvalue weighted by molar-refractivity contribution is 0.157. The van der Waals surface area contributed by atoms with Gasteiger partial charge in [-0.2, -0.15) is 4.73 Å². The van der Waals surface area contributed by atoms with Crippen LogP contribution < -0.4 is 5.56 Å². The van der Waals surface area contributed by atoms with Crippen LogP contribution in [0.15, 0.2) is 16.9 Å². The molecule has 1 rings (SSSR count). The molecule has 1 aromatic rings. The zero-order chi connectivity index (χ0) is 12.5. The summed E-state index contributed by atoms with van der Waals surface area (Å²) in [6, 6.07) is 3.31. The van der Waals surface area contributed by atoms with Gasteiger partial charge in [-0.05, 0) is 30.4 Å². The van der Waals surface area contributed by atoms with Crippen molar-refractivity contribution in [1.82, 2.24) is 4.73 Å². The van der Waals surface area contributed by atoms with Crippen molar-refractivity contribution in [2.24, 2.45) is 5.41 Å². The van der Waals surface area contributed by atoms with Crippen molar-refractivity contribution in [3.8, 4) is 0 Å². The van der Waals surface area contributed by atoms with E-state index in [1.54, 1.807) is 0 Å². The van der Waals surface area contributed by atoms with Gasteiger partial charge in [0.15, 0.2) is 0 Å². The lowest BCUT2D eigenvalue weighted by atomic mass is 9.84. The molecule has 1 atom stereocenters. The summed E-state index contributed by atoms with van der Waals surface area (Å²) in [6.07, 6.45) is 0.927. The van der Waals surface area contributed by atoms with Gasteiger partial charge < -0.3 is 5.21 Å². The summed E-state index contributed by atoms with van der Waals surface area (Å²) >= 11 is 0. The number of hydrogen-bond acceptors (Lipinski definition) is 2. The van der Waals surface area contributed by atoms with Gasteiger partial charge in [-0.3, -0.25) is 4.79 Å². The van der Waals surface area contributed by atoms with Gasteiger partial charge in [0.05, 0.1) is 5.69 Å². The van der Waals surface area contributed by atoms with E-state index >= 15 is 0 Å². The number of nitrogens with zero attached hydrogens (tertiary/aromatic N) is 1. The van der Waals surface area contributed by atoms with Crippen LogP contribution in [0.25, 0.3) is 0 Å². The average Bonchev–Trinajstić information content (AvgIpc) is 2.08. The topological polar surface area (TPSA) is 42.2 Å². The van der Waals surface area contributed by atoms with Crippen molar-refractivity contribution in [3.05, 3.63) is 33.7 Å². The lowest BCUT2D eigenvalue weighted by Gasteiger charge is -2.24. The molecule has 0 fully saturated rings. The molecule has 3 heteroatoms. The van der Waals surface area contributed by atoms with Gasteiger partial charge in [-0.1, -0.05) is 27.7 Å². The van der Waals surface area contributed by atoms with Crippen molar-refractivity contribution >= 4 is 0 Å². The standard InChI is InChI=1S/C13H21NO2/c1-9-6-11(14(16)12(15)7-9)10(2)8-13(3,4)5/h6-7,10,16H,8H2,1-5H3. The van der Waals surface area contributed by atoms with Crippen molar-refractivity contribution < 1.29 is 5.21 Å². The Bertz CT molecular complexity index is 427. The molecular weight excluding hydrogens is 202 g/mol. The highest BCUT2D eigenvalue weighted by Crippen LogP contribution is 2.30. The normalized spacial score (nSPS) is 13.8. The Balaban J connectivity index is 3.09. The summed E-state index contributed by atoms with van der Waals surface area (Å²) in [5.41, 5.74) is 1.42. The second-order valence-electron chi connectivity index (χ2n) is 5.77. The van der Waals surface area contributed by atoms with Gasteiger partial charge in [0.1, 0.15) is 0 Å². The van der Waals surface area contributed by atoms with Crippen LogP contribution in [0.2, 0.25) is 0 Å². The predicted molar refractivity (Wildman–Crippen MR) is 65.1 cm³/mol. The molecule has 3 nitrogen and oxygen atoms in total. The van der Waals surface area contributed by atoms with Crippen LogP contribution in [-0.2, 0) is 0 Å². The zero-order valence-corrected chi connectivity index (χ0v) is 10.7. The van der Waals surface area contributed by atoms with Crippen LogP contribution in [0.4, 0.5) is 0 Å². The first-order chi connectivity index (χ1) is 7.20. The van der Waals surface area contributed by atoms with E-state index in [-0.39, 0.29) is 16.9 Å². The molecule has 0 saturated heterocycles. The molecule has 0 saturated carbocycles. The first-order valence-electron chi connectivity index (χ1n) is 5.63. The Morgan fingerprint density at radius 1 is 1.38 bits per heavy atom. The Labute approximate surface area is 96.7 Å². The number of pyridine rings is 1. The van der Waals surface area contributed by atoms with E-state index < -0.39 is 0 Å². The smallest absolute Gasteiger partial charge is 0.283 e. The van der Waals surface area contributed by atoms with E-state index in [1.165, 1.54) is 6.07 Å². The fraction of sp³-hybridized carbons (Fsp3) is 0.615. The quantitative estimate of drug-likeness (QED) is 0.783. The maximum Gasteiger partial charge on any atom is 0.283 e. The van der Waals surface area contributed by atoms with Crippen LogP contribution in [0.5, 0.6) is 0 Å². The van der Waals surface area contributed by atoms with Crippen LogP contribution in [-0.4, -0.2) is 9.94 Å². The van der Waals surface area contributed by atoms with Gasteiger partial charge in [0.2, 0.25) is 0 Å². The summed E-state index contributed by atoms with van der Waals surface area (Å²) in [5, 5.41) is 9.69. The average molecular weight is 223 g/mol. The fourth-order valence-corrected chi connectivity index (χ4v) is 2.09. The van der Waals surface area contributed by atoms with Gasteiger partial charge in [-0.25, -0.2) is 0 Å². The SMILES string of the molecule is Cc1cc(C(C)CC(C)(C)C)n(O)c(=O)c1. The molecule has 90 valence electrons. The Morgan fingerprint density at radius 3 is 2.44 bits per heavy atom. The third-order valence-corrected chi connectivity index (χ3v) is 2.60. The second kappa shape index (κ2) is 4.32. The summed E-state index contributed by atoms with van der Waals surface area (Å²) in [6.45, 7) is 10.4. The fourth-order valence-electron chi connectivity index (χ4n) is 2.09. The third kappa shape index (κ3) is 3.12. The van der Waals surface area contributed by atoms with E-state index in [4.69, 9.17) is 0 Å². The first kappa shape index (κ1) is 12.8. The van der Waals surface area contributed by atoms with Crippen LogP contribution in [0.3, 0.4) is 0 Å². The molecule has 1 heterocycles. The molecule has 0 radical (unpaired) electrons. The maximum atomic E-state index is 11.4. The van der Waals surface area contributed by atoms with E-state index in [2.05, 4.69) is 20.8 Å². The molecule has 0 amide bonds. The minimum Gasteiger partial charge on any atom is -0.425 e. The van der Waals surface area contributed by atoms with E-state index in [1.807, 2.05) is 19.9 Å². The van der Waals surface area contributed by atoms with Gasteiger partial charge >= 0.3 is 0 Å². The van der Waals surface area contributed by atoms with E-state index in [0.717, 1.165) is 16.7 Å². The molecular formula is C13H21NO2. The number of rotatable bonds is 2. The van der Waals surface area contributed by atoms with Crippen molar-refractivity contribution in [1.29, 1.82) is 0 Å². The zero-order valence-electron chi connectivity index (χ0n) is 10.7. The van der Waals surface area contributed by atoms with E-state index in [9.17, 15) is 10.0 Å². The minimum atomic E-state index is -0.351. The van der Waals surface area contributed by atoms with Crippen LogP contribution in [0.1, 0.15) is 51.3 Å². The lowest BCUT2D eigenvalue weighted by Crippen LogP contribution is -2.23. The summed E-state index contributed by atoms with van der Waals surface area (Å²) in [4.78, 5) is 11.4. The number of hydrogen-bond donors (Lipinski definition) is 1. The molecule has 0 aliphatic heterocycles. The van der Waals surface area contributed by atoms with Crippen molar-refractivity contribution in [2.75, 3.05) is 0 Å². The molecule has 0 aromatic carbocycles. The Hall–Kier alpha value is -1.25. The number of aryl methyl sites for hydroxylation is 1. The highest BCUT2D eigenvalue weighted by Gasteiger charge is 2.19.